The Bertz CT molecular complexity index is 785. The van der Waals surface area contributed by atoms with Crippen molar-refractivity contribution in [1.29, 1.82) is 0 Å². The minimum absolute atomic E-state index is 0.0980. The molecule has 1 amide bonds. The summed E-state index contributed by atoms with van der Waals surface area (Å²) in [5.74, 6) is 1.28. The number of rotatable bonds is 4. The molecule has 2 aromatic rings. The molecule has 0 aliphatic carbocycles. The molecule has 2 aliphatic rings. The molecule has 2 aliphatic heterocycles. The summed E-state index contributed by atoms with van der Waals surface area (Å²) in [5.41, 5.74) is 2.27. The number of amides is 1. The van der Waals surface area contributed by atoms with Gasteiger partial charge in [-0.05, 0) is 42.5 Å². The Morgan fingerprint density at radius 1 is 1.26 bits per heavy atom. The molecule has 0 saturated carbocycles. The van der Waals surface area contributed by atoms with Gasteiger partial charge < -0.3 is 10.1 Å². The van der Waals surface area contributed by atoms with Crippen molar-refractivity contribution >= 4 is 5.91 Å². The zero-order valence-corrected chi connectivity index (χ0v) is 15.9. The summed E-state index contributed by atoms with van der Waals surface area (Å²) in [5, 5.41) is 2.77. The Hall–Kier alpha value is -2.40. The third kappa shape index (κ3) is 3.98. The number of hydrogen-bond donors (Lipinski definition) is 1. The van der Waals surface area contributed by atoms with Gasteiger partial charge in [-0.25, -0.2) is 0 Å². The van der Waals surface area contributed by atoms with Crippen LogP contribution in [0.3, 0.4) is 0 Å². The summed E-state index contributed by atoms with van der Waals surface area (Å²) >= 11 is 0. The maximum atomic E-state index is 12.1. The van der Waals surface area contributed by atoms with Crippen LogP contribution >= 0.6 is 0 Å². The molecule has 0 bridgehead atoms. The van der Waals surface area contributed by atoms with Crippen LogP contribution < -0.4 is 10.1 Å². The van der Waals surface area contributed by atoms with Gasteiger partial charge >= 0.3 is 0 Å². The SMILES string of the molecule is CNC(=O)C[C@H]1CC2(CCN(Cc3cccnc3)CC2)Oc2ccccc21. The predicted octanol–water partition coefficient (Wildman–Crippen LogP) is 3.12. The van der Waals surface area contributed by atoms with Crippen molar-refractivity contribution < 1.29 is 9.53 Å². The molecule has 4 rings (SSSR count). The van der Waals surface area contributed by atoms with Crippen molar-refractivity contribution in [3.63, 3.8) is 0 Å². The molecule has 1 aromatic carbocycles. The fraction of sp³-hybridized carbons (Fsp3) is 0.455. The maximum absolute atomic E-state index is 12.1. The molecule has 3 heterocycles. The van der Waals surface area contributed by atoms with Crippen molar-refractivity contribution in [2.24, 2.45) is 0 Å². The molecule has 1 aromatic heterocycles. The summed E-state index contributed by atoms with van der Waals surface area (Å²) in [6.45, 7) is 2.94. The summed E-state index contributed by atoms with van der Waals surface area (Å²) in [6.07, 6.45) is 7.18. The van der Waals surface area contributed by atoms with Crippen molar-refractivity contribution in [1.82, 2.24) is 15.2 Å². The van der Waals surface area contributed by atoms with Gasteiger partial charge in [-0.3, -0.25) is 14.7 Å². The largest absolute Gasteiger partial charge is 0.487 e. The highest BCUT2D eigenvalue weighted by Crippen LogP contribution is 2.46. The number of nitrogens with zero attached hydrogens (tertiary/aromatic N) is 2. The van der Waals surface area contributed by atoms with Crippen LogP contribution in [0.1, 0.15) is 42.7 Å². The number of nitrogens with one attached hydrogen (secondary N) is 1. The van der Waals surface area contributed by atoms with Crippen LogP contribution in [0.5, 0.6) is 5.75 Å². The summed E-state index contributed by atoms with van der Waals surface area (Å²) in [6, 6.07) is 12.3. The Kier molecular flexibility index (Phi) is 5.12. The van der Waals surface area contributed by atoms with E-state index in [-0.39, 0.29) is 17.4 Å². The maximum Gasteiger partial charge on any atom is 0.220 e. The molecular formula is C22H27N3O2. The van der Waals surface area contributed by atoms with E-state index in [0.717, 1.165) is 44.6 Å². The van der Waals surface area contributed by atoms with Gasteiger partial charge in [-0.2, -0.15) is 0 Å². The van der Waals surface area contributed by atoms with Gasteiger partial charge in [0.1, 0.15) is 11.4 Å². The van der Waals surface area contributed by atoms with Crippen LogP contribution in [0, 0.1) is 0 Å². The second-order valence-corrected chi connectivity index (χ2v) is 7.74. The minimum Gasteiger partial charge on any atom is -0.487 e. The first-order chi connectivity index (χ1) is 13.2. The van der Waals surface area contributed by atoms with Gasteiger partial charge in [0.15, 0.2) is 0 Å². The lowest BCUT2D eigenvalue weighted by atomic mass is 9.76. The Morgan fingerprint density at radius 3 is 2.81 bits per heavy atom. The van der Waals surface area contributed by atoms with Crippen molar-refractivity contribution in [3.8, 4) is 5.75 Å². The van der Waals surface area contributed by atoms with Crippen molar-refractivity contribution in [3.05, 3.63) is 59.9 Å². The standard InChI is InChI=1S/C22H27N3O2/c1-23-21(26)13-18-14-22(27-20-7-3-2-6-19(18)20)8-11-25(12-9-22)16-17-5-4-10-24-15-17/h2-7,10,15,18H,8-9,11-14,16H2,1H3,(H,23,26)/t18-/m0/s1. The highest BCUT2D eigenvalue weighted by atomic mass is 16.5. The quantitative estimate of drug-likeness (QED) is 0.905. The molecule has 5 heteroatoms. The van der Waals surface area contributed by atoms with E-state index < -0.39 is 0 Å². The number of likely N-dealkylation sites (tertiary alicyclic amines) is 1. The molecule has 0 radical (unpaired) electrons. The van der Waals surface area contributed by atoms with Gasteiger partial charge in [0.25, 0.3) is 0 Å². The molecule has 5 nitrogen and oxygen atoms in total. The first kappa shape index (κ1) is 18.0. The van der Waals surface area contributed by atoms with Gasteiger partial charge in [-0.1, -0.05) is 24.3 Å². The van der Waals surface area contributed by atoms with Crippen LogP contribution in [0.15, 0.2) is 48.8 Å². The molecule has 1 fully saturated rings. The number of pyridine rings is 1. The molecular weight excluding hydrogens is 338 g/mol. The predicted molar refractivity (Wildman–Crippen MR) is 105 cm³/mol. The fourth-order valence-electron chi connectivity index (χ4n) is 4.43. The van der Waals surface area contributed by atoms with E-state index in [2.05, 4.69) is 33.4 Å². The van der Waals surface area contributed by atoms with Crippen LogP contribution in [0.25, 0.3) is 0 Å². The number of carbonyl (C=O) groups excluding carboxylic acids is 1. The number of ether oxygens (including phenoxy) is 1. The van der Waals surface area contributed by atoms with Crippen LogP contribution in [-0.4, -0.2) is 41.5 Å². The number of piperidine rings is 1. The van der Waals surface area contributed by atoms with E-state index in [0.29, 0.717) is 6.42 Å². The number of hydrogen-bond acceptors (Lipinski definition) is 4. The minimum atomic E-state index is -0.154. The summed E-state index contributed by atoms with van der Waals surface area (Å²) in [4.78, 5) is 18.7. The number of benzene rings is 1. The summed E-state index contributed by atoms with van der Waals surface area (Å²) in [7, 11) is 1.71. The van der Waals surface area contributed by atoms with Crippen molar-refractivity contribution in [2.45, 2.75) is 43.7 Å². The number of para-hydroxylation sites is 1. The van der Waals surface area contributed by atoms with Gasteiger partial charge in [0.2, 0.25) is 5.91 Å². The molecule has 1 atom stereocenters. The Balaban J connectivity index is 1.47. The van der Waals surface area contributed by atoms with E-state index in [1.54, 1.807) is 7.05 Å². The van der Waals surface area contributed by atoms with E-state index in [1.165, 1.54) is 11.1 Å². The van der Waals surface area contributed by atoms with E-state index in [9.17, 15) is 4.79 Å². The second-order valence-electron chi connectivity index (χ2n) is 7.74. The number of aromatic nitrogens is 1. The van der Waals surface area contributed by atoms with Gasteiger partial charge in [-0.15, -0.1) is 0 Å². The van der Waals surface area contributed by atoms with Gasteiger partial charge in [0.05, 0.1) is 0 Å². The summed E-state index contributed by atoms with van der Waals surface area (Å²) < 4.78 is 6.53. The third-order valence-electron chi connectivity index (χ3n) is 5.91. The topological polar surface area (TPSA) is 54.5 Å². The van der Waals surface area contributed by atoms with Crippen LogP contribution in [0.4, 0.5) is 0 Å². The monoisotopic (exact) mass is 365 g/mol. The van der Waals surface area contributed by atoms with E-state index >= 15 is 0 Å². The van der Waals surface area contributed by atoms with Crippen LogP contribution in [-0.2, 0) is 11.3 Å². The lowest BCUT2D eigenvalue weighted by molar-refractivity contribution is -0.121. The average Bonchev–Trinajstić information content (AvgIpc) is 2.70. The lowest BCUT2D eigenvalue weighted by Crippen LogP contribution is -2.50. The Labute approximate surface area is 160 Å². The number of fused-ring (bicyclic) bond motifs is 1. The molecule has 27 heavy (non-hydrogen) atoms. The fourth-order valence-corrected chi connectivity index (χ4v) is 4.43. The first-order valence-corrected chi connectivity index (χ1v) is 9.77. The second kappa shape index (κ2) is 7.69. The highest BCUT2D eigenvalue weighted by Gasteiger charge is 2.43. The van der Waals surface area contributed by atoms with Crippen molar-refractivity contribution in [2.75, 3.05) is 20.1 Å². The van der Waals surface area contributed by atoms with Crippen LogP contribution in [0.2, 0.25) is 0 Å². The van der Waals surface area contributed by atoms with E-state index in [4.69, 9.17) is 4.74 Å². The van der Waals surface area contributed by atoms with Gasteiger partial charge in [0, 0.05) is 51.4 Å². The molecule has 1 spiro atoms. The number of carbonyl (C=O) groups is 1. The zero-order valence-electron chi connectivity index (χ0n) is 15.9. The lowest BCUT2D eigenvalue weighted by Gasteiger charge is -2.47. The zero-order chi connectivity index (χ0) is 18.7. The molecule has 1 saturated heterocycles. The normalized spacial score (nSPS) is 21.3. The third-order valence-corrected chi connectivity index (χ3v) is 5.91. The molecule has 1 N–H and O–H groups in total. The highest BCUT2D eigenvalue weighted by molar-refractivity contribution is 5.76. The first-order valence-electron chi connectivity index (χ1n) is 9.77. The molecule has 142 valence electrons. The smallest absolute Gasteiger partial charge is 0.220 e. The Morgan fingerprint density at radius 2 is 2.07 bits per heavy atom. The average molecular weight is 365 g/mol. The molecule has 0 unspecified atom stereocenters. The van der Waals surface area contributed by atoms with E-state index in [1.807, 2.05) is 30.6 Å².